The minimum atomic E-state index is -10.7. The van der Waals surface area contributed by atoms with Crippen molar-refractivity contribution in [1.29, 1.82) is 0 Å². The van der Waals surface area contributed by atoms with E-state index in [1.54, 1.807) is 24.8 Å². The Hall–Kier alpha value is -5.27. The molecule has 0 atom stereocenters. The molecule has 0 radical (unpaired) electrons. The Balaban J connectivity index is 0.000000307. The molecule has 7 nitrogen and oxygen atoms in total. The summed E-state index contributed by atoms with van der Waals surface area (Å²) in [6, 6.07) is 51.3. The summed E-state index contributed by atoms with van der Waals surface area (Å²) in [5, 5.41) is 2.64. The molecule has 0 N–H and O–H groups in total. The third-order valence-corrected chi connectivity index (χ3v) is 9.94. The molecule has 5 heterocycles. The van der Waals surface area contributed by atoms with Crippen LogP contribution in [0.2, 0.25) is 0 Å². The maximum Gasteiger partial charge on any atom is 2.00 e. The van der Waals surface area contributed by atoms with Gasteiger partial charge in [-0.15, -0.1) is 4.76 Å². The zero-order chi connectivity index (χ0) is 49.2. The summed E-state index contributed by atoms with van der Waals surface area (Å²) >= 11 is 0. The van der Waals surface area contributed by atoms with Crippen LogP contribution in [0.25, 0.3) is 34.2 Å². The molecule has 7 aromatic rings. The van der Waals surface area contributed by atoms with E-state index >= 15 is 0 Å². The summed E-state index contributed by atoms with van der Waals surface area (Å²) in [6.07, 6.45) is 9.13. The first-order chi connectivity index (χ1) is 30.4. The van der Waals surface area contributed by atoms with Gasteiger partial charge in [0, 0.05) is 36.9 Å². The predicted molar refractivity (Wildman–Crippen MR) is 246 cm³/mol. The van der Waals surface area contributed by atoms with Crippen molar-refractivity contribution >= 4 is 40.6 Å². The molecular formula is C44H45F12N7P3Ru+. The average Bonchev–Trinajstić information content (AvgIpc) is 3.25. The minimum absolute atomic E-state index is 0. The van der Waals surface area contributed by atoms with Gasteiger partial charge in [0.1, 0.15) is 16.9 Å². The fourth-order valence-electron chi connectivity index (χ4n) is 5.27. The van der Waals surface area contributed by atoms with Gasteiger partial charge in [-0.2, -0.15) is 0 Å². The minimum Gasteiger partial charge on any atom is -0.255 e. The number of benzene rings is 2. The van der Waals surface area contributed by atoms with Crippen molar-refractivity contribution in [3.05, 3.63) is 176 Å². The molecule has 0 saturated carbocycles. The number of rotatable bonds is 9. The number of hydrogen-bond acceptors (Lipinski definition) is 6. The number of hydrogen-bond donors (Lipinski definition) is 0. The van der Waals surface area contributed by atoms with Crippen LogP contribution in [-0.2, 0) is 19.5 Å². The van der Waals surface area contributed by atoms with Gasteiger partial charge in [-0.1, -0.05) is 66.7 Å². The van der Waals surface area contributed by atoms with Crippen LogP contribution in [0.5, 0.6) is 0 Å². The van der Waals surface area contributed by atoms with Gasteiger partial charge in [-0.05, 0) is 113 Å². The fraction of sp³-hybridized carbons (Fsp3) is 0.136. The monoisotopic (exact) mass is 1090 g/mol. The quantitative estimate of drug-likeness (QED) is 0.0471. The van der Waals surface area contributed by atoms with Crippen LogP contribution < -0.4 is 10.6 Å². The number of aromatic nitrogens is 5. The Morgan fingerprint density at radius 3 is 0.910 bits per heavy atom. The number of pyridine rings is 5. The predicted octanol–water partition coefficient (Wildman–Crippen LogP) is 16.0. The van der Waals surface area contributed by atoms with Crippen molar-refractivity contribution in [2.75, 3.05) is 0 Å². The van der Waals surface area contributed by atoms with Crippen molar-refractivity contribution < 1.29 is 69.8 Å². The molecule has 0 bridgehead atoms. The van der Waals surface area contributed by atoms with E-state index in [9.17, 15) is 50.4 Å². The van der Waals surface area contributed by atoms with E-state index in [2.05, 4.69) is 125 Å². The summed E-state index contributed by atoms with van der Waals surface area (Å²) in [5.41, 5.74) is 5.29. The average molecular weight is 1090 g/mol. The molecule has 23 heteroatoms. The van der Waals surface area contributed by atoms with E-state index in [1.807, 2.05) is 91.0 Å². The van der Waals surface area contributed by atoms with Crippen molar-refractivity contribution in [2.45, 2.75) is 39.8 Å². The van der Waals surface area contributed by atoms with Gasteiger partial charge in [-0.25, -0.2) is 4.98 Å². The van der Waals surface area contributed by atoms with E-state index in [-0.39, 0.29) is 19.5 Å². The maximum absolute atomic E-state index is 10.7. The van der Waals surface area contributed by atoms with E-state index in [1.165, 1.54) is 10.6 Å². The second-order valence-electron chi connectivity index (χ2n) is 14.1. The summed E-state index contributed by atoms with van der Waals surface area (Å²) in [7, 11) is -22.4. The molecule has 0 unspecified atom stereocenters. The summed E-state index contributed by atoms with van der Waals surface area (Å²) in [4.78, 5) is 23.9. The topological polar surface area (TPSA) is 80.0 Å². The van der Waals surface area contributed by atoms with E-state index < -0.39 is 23.7 Å². The van der Waals surface area contributed by atoms with Gasteiger partial charge in [0.2, 0.25) is 0 Å². The van der Waals surface area contributed by atoms with Crippen LogP contribution in [0.3, 0.4) is 0 Å². The Bertz CT molecular complexity index is 2340. The largest absolute Gasteiger partial charge is 2.00 e. The summed E-state index contributed by atoms with van der Waals surface area (Å²) in [6.45, 7) is 8.85. The zero-order valence-corrected chi connectivity index (χ0v) is 40.4. The molecule has 0 aliphatic heterocycles. The third-order valence-electron chi connectivity index (χ3n) is 7.80. The van der Waals surface area contributed by atoms with Gasteiger partial charge < -0.3 is 4.90 Å². The van der Waals surface area contributed by atoms with Crippen LogP contribution in [0.4, 0.5) is 50.4 Å². The normalized spacial score (nSPS) is 13.2. The molecular weight excluding hydrogens is 1050 g/mol. The molecule has 2 aromatic carbocycles. The molecule has 0 amide bonds. The van der Waals surface area contributed by atoms with E-state index in [0.29, 0.717) is 12.1 Å². The van der Waals surface area contributed by atoms with Gasteiger partial charge in [-0.3, -0.25) is 19.9 Å². The van der Waals surface area contributed by atoms with Crippen LogP contribution in [0.1, 0.15) is 27.7 Å². The van der Waals surface area contributed by atoms with Gasteiger partial charge >= 0.3 is 85.5 Å². The second kappa shape index (κ2) is 23.2. The molecule has 362 valence electrons. The molecule has 67 heavy (non-hydrogen) atoms. The first-order valence-corrected chi connectivity index (χ1v) is 24.9. The van der Waals surface area contributed by atoms with Crippen LogP contribution >= 0.6 is 23.7 Å². The van der Waals surface area contributed by atoms with Crippen molar-refractivity contribution in [1.82, 2.24) is 29.8 Å². The summed E-state index contributed by atoms with van der Waals surface area (Å²) < 4.78 is 123. The maximum atomic E-state index is 9.87. The number of halogens is 12. The molecule has 0 aliphatic rings. The SMILES string of the molecule is CC(C)N(/C=N/[PH+](c1ccccc1)c1ccccc1)C(C)C.F[P-](F)(F)(F)(F)F.F[P-](F)(F)(F)(F)F.[Ru+2].c1ccc(-c2cccc(-c3ccccn3)n2)nc1.c1ccc(-c2ccccn2)nc1. The van der Waals surface area contributed by atoms with Crippen LogP contribution in [0, 0.1) is 0 Å². The van der Waals surface area contributed by atoms with Crippen molar-refractivity contribution in [3.63, 3.8) is 0 Å². The Labute approximate surface area is 394 Å². The first kappa shape index (κ1) is 57.9. The van der Waals surface area contributed by atoms with Crippen LogP contribution in [-0.4, -0.2) is 48.2 Å². The zero-order valence-electron chi connectivity index (χ0n) is 35.9. The van der Waals surface area contributed by atoms with Gasteiger partial charge in [0.05, 0.1) is 34.2 Å². The smallest absolute Gasteiger partial charge is 0.255 e. The summed E-state index contributed by atoms with van der Waals surface area (Å²) in [5.74, 6) is 0. The Kier molecular flexibility index (Phi) is 20.0. The standard InChI is InChI=1S/C19H25N2P.C15H11N3.C10H8N2.2F6P.Ru/c1-16(2)21(17(3)4)15-20-22(18-11-7-5-8-12-18)19-13-9-6-10-14-19;1-3-10-16-12(6-1)14-8-5-9-15(18-14)13-7-2-4-11-17-13;1-3-7-11-9(5-1)10-6-2-4-8-12-10;2*1-7(2,3,4,5)6;/h5-17H,1-4H3;1-11H;1-8H;;;/q;;;2*-1;+2/p+1/b20-15+;;;;;. The van der Waals surface area contributed by atoms with Crippen molar-refractivity contribution in [2.24, 2.45) is 4.76 Å². The Morgan fingerprint density at radius 1 is 0.403 bits per heavy atom. The second-order valence-corrected chi connectivity index (χ2v) is 20.1. The van der Waals surface area contributed by atoms with Gasteiger partial charge in [0.15, 0.2) is 8.07 Å². The molecule has 5 aromatic heterocycles. The third kappa shape index (κ3) is 28.5. The van der Waals surface area contributed by atoms with E-state index in [4.69, 9.17) is 4.76 Å². The molecule has 0 saturated heterocycles. The number of nitrogens with zero attached hydrogens (tertiary/aromatic N) is 7. The fourth-order valence-corrected chi connectivity index (χ4v) is 7.17. The van der Waals surface area contributed by atoms with Crippen LogP contribution in [0.15, 0.2) is 181 Å². The van der Waals surface area contributed by atoms with Crippen molar-refractivity contribution in [3.8, 4) is 34.2 Å². The molecule has 0 spiro atoms. The van der Waals surface area contributed by atoms with E-state index in [0.717, 1.165) is 34.2 Å². The molecule has 7 rings (SSSR count). The first-order valence-electron chi connectivity index (χ1n) is 19.4. The molecule has 0 aliphatic carbocycles. The Morgan fingerprint density at radius 2 is 0.657 bits per heavy atom. The molecule has 0 fully saturated rings. The van der Waals surface area contributed by atoms with Gasteiger partial charge in [0.25, 0.3) is 0 Å².